The van der Waals surface area contributed by atoms with Gasteiger partial charge in [-0.15, -0.1) is 0 Å². The van der Waals surface area contributed by atoms with Crippen LogP contribution in [-0.4, -0.2) is 34.5 Å². The molecule has 126 valence electrons. The molecule has 0 aliphatic heterocycles. The second-order valence-electron chi connectivity index (χ2n) is 5.06. The maximum Gasteiger partial charge on any atom is 0.328 e. The van der Waals surface area contributed by atoms with E-state index in [-0.39, 0.29) is 11.6 Å². The molecule has 1 rings (SSSR count). The predicted molar refractivity (Wildman–Crippen MR) is 80.8 cm³/mol. The van der Waals surface area contributed by atoms with Crippen molar-refractivity contribution in [3.8, 4) is 0 Å². The van der Waals surface area contributed by atoms with E-state index in [4.69, 9.17) is 0 Å². The van der Waals surface area contributed by atoms with E-state index >= 15 is 0 Å². The van der Waals surface area contributed by atoms with Crippen LogP contribution >= 0.6 is 0 Å². The molecule has 2 atom stereocenters. The van der Waals surface area contributed by atoms with E-state index in [1.165, 1.54) is 7.11 Å². The number of nitro groups is 1. The van der Waals surface area contributed by atoms with Crippen molar-refractivity contribution in [3.05, 3.63) is 38.8 Å². The SMILES string of the molecule is CC[C@H](C)[C@@H](NC(=O)Cn1cc([N+](=O)[O-])ccc1=O)C(=O)OC. The average molecular weight is 325 g/mol. The number of hydrogen-bond acceptors (Lipinski definition) is 6. The number of aromatic nitrogens is 1. The summed E-state index contributed by atoms with van der Waals surface area (Å²) in [6, 6.07) is 1.23. The fourth-order valence-electron chi connectivity index (χ4n) is 1.92. The molecule has 9 nitrogen and oxygen atoms in total. The zero-order valence-electron chi connectivity index (χ0n) is 13.1. The molecule has 0 unspecified atom stereocenters. The van der Waals surface area contributed by atoms with Crippen molar-refractivity contribution in [2.45, 2.75) is 32.9 Å². The number of pyridine rings is 1. The molecule has 0 aliphatic rings. The quantitative estimate of drug-likeness (QED) is 0.442. The summed E-state index contributed by atoms with van der Waals surface area (Å²) in [5, 5.41) is 13.2. The first-order valence-corrected chi connectivity index (χ1v) is 7.02. The number of hydrogen-bond donors (Lipinski definition) is 1. The van der Waals surface area contributed by atoms with E-state index in [0.29, 0.717) is 6.42 Å². The van der Waals surface area contributed by atoms with Crippen LogP contribution in [-0.2, 0) is 20.9 Å². The van der Waals surface area contributed by atoms with Gasteiger partial charge in [-0.3, -0.25) is 24.3 Å². The van der Waals surface area contributed by atoms with Crippen molar-refractivity contribution in [1.82, 2.24) is 9.88 Å². The van der Waals surface area contributed by atoms with Crippen molar-refractivity contribution in [3.63, 3.8) is 0 Å². The lowest BCUT2D eigenvalue weighted by Gasteiger charge is -2.21. The summed E-state index contributed by atoms with van der Waals surface area (Å²) in [6.07, 6.45) is 1.62. The van der Waals surface area contributed by atoms with Gasteiger partial charge in [0.2, 0.25) is 5.91 Å². The van der Waals surface area contributed by atoms with Gasteiger partial charge >= 0.3 is 5.97 Å². The van der Waals surface area contributed by atoms with Crippen molar-refractivity contribution < 1.29 is 19.2 Å². The van der Waals surface area contributed by atoms with Gasteiger partial charge in [-0.05, 0) is 5.92 Å². The number of carbonyl (C=O) groups excluding carboxylic acids is 2. The lowest BCUT2D eigenvalue weighted by Crippen LogP contribution is -2.47. The largest absolute Gasteiger partial charge is 0.467 e. The van der Waals surface area contributed by atoms with Gasteiger partial charge in [0.15, 0.2) is 0 Å². The standard InChI is InChI=1S/C14H19N3O6/c1-4-9(2)13(14(20)23-3)15-11(18)8-16-7-10(17(21)22)5-6-12(16)19/h5-7,9,13H,4,8H2,1-3H3,(H,15,18)/t9-,13+/m0/s1. The molecule has 23 heavy (non-hydrogen) atoms. The second-order valence-corrected chi connectivity index (χ2v) is 5.06. The van der Waals surface area contributed by atoms with Crippen LogP contribution in [0.4, 0.5) is 5.69 Å². The molecule has 0 bridgehead atoms. The molecule has 1 aromatic rings. The highest BCUT2D eigenvalue weighted by Crippen LogP contribution is 2.10. The molecule has 0 aliphatic carbocycles. The van der Waals surface area contributed by atoms with Crippen LogP contribution in [0.15, 0.2) is 23.1 Å². The fourth-order valence-corrected chi connectivity index (χ4v) is 1.92. The molecule has 0 saturated heterocycles. The molecule has 9 heteroatoms. The lowest BCUT2D eigenvalue weighted by molar-refractivity contribution is -0.385. The highest BCUT2D eigenvalue weighted by atomic mass is 16.6. The molecule has 0 fully saturated rings. The minimum Gasteiger partial charge on any atom is -0.467 e. The number of rotatable bonds is 7. The van der Waals surface area contributed by atoms with Gasteiger partial charge in [0.25, 0.3) is 11.2 Å². The topological polar surface area (TPSA) is 121 Å². The number of ether oxygens (including phenoxy) is 1. The van der Waals surface area contributed by atoms with Crippen LogP contribution in [0.3, 0.4) is 0 Å². The molecule has 1 heterocycles. The zero-order valence-corrected chi connectivity index (χ0v) is 13.1. The third kappa shape index (κ3) is 4.90. The van der Waals surface area contributed by atoms with Crippen molar-refractivity contribution >= 4 is 17.6 Å². The monoisotopic (exact) mass is 325 g/mol. The van der Waals surface area contributed by atoms with Crippen LogP contribution in [0.2, 0.25) is 0 Å². The summed E-state index contributed by atoms with van der Waals surface area (Å²) in [5.74, 6) is -1.35. The third-order valence-electron chi connectivity index (χ3n) is 3.48. The first-order valence-electron chi connectivity index (χ1n) is 7.02. The number of methoxy groups -OCH3 is 1. The summed E-state index contributed by atoms with van der Waals surface area (Å²) < 4.78 is 5.56. The van der Waals surface area contributed by atoms with E-state index < -0.39 is 34.9 Å². The van der Waals surface area contributed by atoms with Gasteiger partial charge in [0, 0.05) is 12.1 Å². The number of nitrogens with zero attached hydrogens (tertiary/aromatic N) is 2. The zero-order chi connectivity index (χ0) is 17.6. The molecule has 1 aromatic heterocycles. The van der Waals surface area contributed by atoms with Gasteiger partial charge in [0.05, 0.1) is 18.2 Å². The Kier molecular flexibility index (Phi) is 6.43. The molecule has 0 aromatic carbocycles. The Morgan fingerprint density at radius 1 is 1.43 bits per heavy atom. The summed E-state index contributed by atoms with van der Waals surface area (Å²) in [5.41, 5.74) is -0.854. The van der Waals surface area contributed by atoms with Crippen molar-refractivity contribution in [2.24, 2.45) is 5.92 Å². The Hall–Kier alpha value is -2.71. The Morgan fingerprint density at radius 2 is 2.09 bits per heavy atom. The van der Waals surface area contributed by atoms with E-state index in [9.17, 15) is 24.5 Å². The smallest absolute Gasteiger partial charge is 0.328 e. The Balaban J connectivity index is 2.90. The lowest BCUT2D eigenvalue weighted by atomic mass is 9.99. The molecule has 0 radical (unpaired) electrons. The minimum atomic E-state index is -0.841. The van der Waals surface area contributed by atoms with Gasteiger partial charge in [-0.1, -0.05) is 20.3 Å². The number of nitrogens with one attached hydrogen (secondary N) is 1. The summed E-state index contributed by atoms with van der Waals surface area (Å²) in [7, 11) is 1.22. The van der Waals surface area contributed by atoms with E-state index in [2.05, 4.69) is 10.1 Å². The van der Waals surface area contributed by atoms with E-state index in [1.54, 1.807) is 6.92 Å². The van der Waals surface area contributed by atoms with Gasteiger partial charge in [-0.25, -0.2) is 4.79 Å². The highest BCUT2D eigenvalue weighted by Gasteiger charge is 2.26. The van der Waals surface area contributed by atoms with Crippen LogP contribution in [0.5, 0.6) is 0 Å². The molecular weight excluding hydrogens is 306 g/mol. The first kappa shape index (κ1) is 18.3. The molecular formula is C14H19N3O6. The second kappa shape index (κ2) is 8.06. The molecule has 1 N–H and O–H groups in total. The normalized spacial score (nSPS) is 13.0. The van der Waals surface area contributed by atoms with Crippen LogP contribution in [0.1, 0.15) is 20.3 Å². The number of amides is 1. The Bertz CT molecular complexity index is 654. The van der Waals surface area contributed by atoms with Gasteiger partial charge in [0.1, 0.15) is 12.6 Å². The van der Waals surface area contributed by atoms with Crippen molar-refractivity contribution in [2.75, 3.05) is 7.11 Å². The maximum atomic E-state index is 12.0. The fraction of sp³-hybridized carbons (Fsp3) is 0.500. The summed E-state index contributed by atoms with van der Waals surface area (Å²) >= 11 is 0. The van der Waals surface area contributed by atoms with E-state index in [1.807, 2.05) is 6.92 Å². The molecule has 0 spiro atoms. The maximum absolute atomic E-state index is 12.0. The van der Waals surface area contributed by atoms with Crippen molar-refractivity contribution in [1.29, 1.82) is 0 Å². The van der Waals surface area contributed by atoms with Crippen LogP contribution in [0, 0.1) is 16.0 Å². The summed E-state index contributed by atoms with van der Waals surface area (Å²) in [6.45, 7) is 3.21. The van der Waals surface area contributed by atoms with Gasteiger partial charge in [-0.2, -0.15) is 0 Å². The third-order valence-corrected chi connectivity index (χ3v) is 3.48. The minimum absolute atomic E-state index is 0.159. The number of esters is 1. The Labute approximate surface area is 132 Å². The number of carbonyl (C=O) groups is 2. The summed E-state index contributed by atoms with van der Waals surface area (Å²) in [4.78, 5) is 45.5. The van der Waals surface area contributed by atoms with E-state index in [0.717, 1.165) is 22.9 Å². The average Bonchev–Trinajstić information content (AvgIpc) is 2.52. The first-order chi connectivity index (χ1) is 10.8. The Morgan fingerprint density at radius 3 is 2.61 bits per heavy atom. The highest BCUT2D eigenvalue weighted by molar-refractivity contribution is 5.84. The predicted octanol–water partition coefficient (Wildman–Crippen LogP) is 0.460. The molecule has 0 saturated carbocycles. The van der Waals surface area contributed by atoms with Crippen LogP contribution in [0.25, 0.3) is 0 Å². The molecule has 1 amide bonds. The van der Waals surface area contributed by atoms with Crippen LogP contribution < -0.4 is 10.9 Å². The van der Waals surface area contributed by atoms with Gasteiger partial charge < -0.3 is 10.1 Å².